The fourth-order valence-electron chi connectivity index (χ4n) is 4.27. The summed E-state index contributed by atoms with van der Waals surface area (Å²) in [5.74, 6) is -123. The number of amides is 1. The summed E-state index contributed by atoms with van der Waals surface area (Å²) in [6.07, 6.45) is -10.5. The normalized spacial score (nSPS) is 16.1. The van der Waals surface area contributed by atoms with Crippen LogP contribution >= 0.6 is 0 Å². The van der Waals surface area contributed by atoms with Crippen molar-refractivity contribution in [1.82, 2.24) is 5.32 Å². The lowest BCUT2D eigenvalue weighted by molar-refractivity contribution is -0.487. The first-order valence-corrected chi connectivity index (χ1v) is 14.0. The quantitative estimate of drug-likeness (QED) is 0.0961. The lowest BCUT2D eigenvalue weighted by Gasteiger charge is -2.46. The molecule has 0 bridgehead atoms. The molecule has 0 heterocycles. The lowest BCUT2D eigenvalue weighted by Crippen LogP contribution is -2.79. The molecule has 1 rings (SSSR count). The van der Waals surface area contributed by atoms with Crippen molar-refractivity contribution in [3.63, 3.8) is 0 Å². The van der Waals surface area contributed by atoms with E-state index in [4.69, 9.17) is 0 Å². The first-order chi connectivity index (χ1) is 25.5. The molecule has 1 amide bonds. The van der Waals surface area contributed by atoms with Gasteiger partial charge in [0.25, 0.3) is 5.91 Å². The van der Waals surface area contributed by atoms with Gasteiger partial charge in [-0.25, -0.2) is 4.79 Å². The number of nitrogens with zero attached hydrogens (tertiary/aromatic N) is 1. The minimum absolute atomic E-state index is 0.101. The molecule has 0 radical (unpaired) electrons. The zero-order valence-corrected chi connectivity index (χ0v) is 27.2. The van der Waals surface area contributed by atoms with Gasteiger partial charge in [0.05, 0.1) is 5.69 Å². The summed E-state index contributed by atoms with van der Waals surface area (Å²) in [5.41, 5.74) is -1.20. The number of aryl methyl sites for hydroxylation is 1. The van der Waals surface area contributed by atoms with E-state index in [0.717, 1.165) is 25.1 Å². The van der Waals surface area contributed by atoms with Crippen molar-refractivity contribution in [2.75, 3.05) is 0 Å². The molecule has 0 aliphatic carbocycles. The first kappa shape index (κ1) is 53.1. The second kappa shape index (κ2) is 14.6. The van der Waals surface area contributed by atoms with Gasteiger partial charge < -0.3 is 5.32 Å². The van der Waals surface area contributed by atoms with Crippen molar-refractivity contribution in [2.24, 2.45) is 4.99 Å². The number of halogens is 29. The Balaban J connectivity index is 3.77. The highest BCUT2D eigenvalue weighted by atomic mass is 19.4. The Morgan fingerprint density at radius 1 is 0.525 bits per heavy atom. The van der Waals surface area contributed by atoms with Gasteiger partial charge in [0.2, 0.25) is 6.08 Å². The third-order valence-electron chi connectivity index (χ3n) is 7.72. The van der Waals surface area contributed by atoms with Gasteiger partial charge in [0, 0.05) is 18.0 Å². The van der Waals surface area contributed by atoms with Gasteiger partial charge in [-0.15, -0.1) is 0 Å². The van der Waals surface area contributed by atoms with Crippen LogP contribution in [-0.4, -0.2) is 101 Å². The van der Waals surface area contributed by atoms with Crippen molar-refractivity contribution < 1.29 is 137 Å². The van der Waals surface area contributed by atoms with Crippen LogP contribution in [0.3, 0.4) is 0 Å². The van der Waals surface area contributed by atoms with Gasteiger partial charge in [-0.2, -0.15) is 132 Å². The molecule has 1 atom stereocenters. The minimum atomic E-state index is -9.99. The number of nitrogens with one attached hydrogen (secondary N) is 1. The molecule has 1 aromatic carbocycles. The number of rotatable bonds is 17. The van der Waals surface area contributed by atoms with Crippen LogP contribution in [0.15, 0.2) is 23.2 Å². The number of benzene rings is 1. The average molecular weight is 936 g/mol. The van der Waals surface area contributed by atoms with E-state index in [2.05, 4.69) is 4.99 Å². The van der Waals surface area contributed by atoms with Gasteiger partial charge in [0.15, 0.2) is 0 Å². The number of aliphatic imine (C=N–C) groups is 1. The second-order valence-electron chi connectivity index (χ2n) is 11.9. The van der Waals surface area contributed by atoms with E-state index >= 15 is 0 Å². The van der Waals surface area contributed by atoms with Gasteiger partial charge >= 0.3 is 83.2 Å². The molecule has 1 aromatic rings. The van der Waals surface area contributed by atoms with Crippen LogP contribution in [0.25, 0.3) is 0 Å². The van der Waals surface area contributed by atoms with Crippen LogP contribution in [-0.2, 0) is 4.79 Å². The summed E-state index contributed by atoms with van der Waals surface area (Å²) in [7, 11) is 0. The van der Waals surface area contributed by atoms with Crippen molar-refractivity contribution in [1.29, 1.82) is 0 Å². The molecule has 1 unspecified atom stereocenters. The van der Waals surface area contributed by atoms with Crippen LogP contribution in [0.5, 0.6) is 0 Å². The minimum Gasteiger partial charge on any atom is -0.349 e. The summed E-state index contributed by atoms with van der Waals surface area (Å²) in [6, 6.07) is -0.430. The van der Waals surface area contributed by atoms with E-state index < -0.39 is 107 Å². The van der Waals surface area contributed by atoms with Crippen LogP contribution < -0.4 is 5.32 Å². The highest BCUT2D eigenvalue weighted by Crippen LogP contribution is 2.69. The summed E-state index contributed by atoms with van der Waals surface area (Å²) >= 11 is 0. The molecule has 0 fully saturated rings. The van der Waals surface area contributed by atoms with E-state index in [1.54, 1.807) is 0 Å². The number of hydrogen-bond acceptors (Lipinski definition) is 3. The topological polar surface area (TPSA) is 58.5 Å². The summed E-state index contributed by atoms with van der Waals surface area (Å²) in [6.45, 7) is 1.09. The highest BCUT2D eigenvalue weighted by molar-refractivity contribution is 5.96. The molecule has 59 heavy (non-hydrogen) atoms. The fourth-order valence-corrected chi connectivity index (χ4v) is 4.27. The fraction of sp³-hybridized carbons (Fsp3) is 0.692. The van der Waals surface area contributed by atoms with Crippen LogP contribution in [0.4, 0.5) is 133 Å². The third kappa shape index (κ3) is 7.25. The number of carbonyl (C=O) groups excluding carboxylic acids is 2. The van der Waals surface area contributed by atoms with Crippen LogP contribution in [0.1, 0.15) is 29.3 Å². The highest BCUT2D eigenvalue weighted by Gasteiger charge is 3.00. The standard InChI is InChI=1S/C26H13F29N2O2/c1-8-5-10(56-7-58)3-4-11(8)12(59)57-9(2)6-13(27,28)14(29,30)15(31,32)16(33,34)17(35,36)18(37,38)19(39,40)20(41,42)21(43,44)22(45,46)23(47,48)24(49,50)25(51,52)26(53,54)55/h3-5,9H,6H2,1-2H3,(H,57,59). The second-order valence-corrected chi connectivity index (χ2v) is 11.9. The molecule has 1 N–H and O–H groups in total. The predicted molar refractivity (Wildman–Crippen MR) is 131 cm³/mol. The van der Waals surface area contributed by atoms with Gasteiger partial charge in [-0.3, -0.25) is 4.79 Å². The molecule has 0 saturated carbocycles. The van der Waals surface area contributed by atoms with E-state index in [9.17, 15) is 137 Å². The van der Waals surface area contributed by atoms with Crippen molar-refractivity contribution in [3.05, 3.63) is 29.3 Å². The summed E-state index contributed by atoms with van der Waals surface area (Å²) in [5, 5.41) is 1.29. The Morgan fingerprint density at radius 2 is 0.814 bits per heavy atom. The average Bonchev–Trinajstić information content (AvgIpc) is 3.02. The molecule has 0 aliphatic rings. The van der Waals surface area contributed by atoms with Crippen molar-refractivity contribution in [2.45, 2.75) is 109 Å². The molecule has 0 spiro atoms. The molecule has 0 saturated heterocycles. The van der Waals surface area contributed by atoms with Gasteiger partial charge in [-0.05, 0) is 37.6 Å². The van der Waals surface area contributed by atoms with E-state index in [1.807, 2.05) is 0 Å². The van der Waals surface area contributed by atoms with Gasteiger partial charge in [-0.1, -0.05) is 0 Å². The van der Waals surface area contributed by atoms with Gasteiger partial charge in [0.1, 0.15) is 0 Å². The summed E-state index contributed by atoms with van der Waals surface area (Å²) < 4.78 is 398. The molecule has 0 aromatic heterocycles. The maximum Gasteiger partial charge on any atom is 0.460 e. The third-order valence-corrected chi connectivity index (χ3v) is 7.72. The first-order valence-electron chi connectivity index (χ1n) is 14.0. The molecular weight excluding hydrogens is 923 g/mol. The maximum atomic E-state index is 14.4. The monoisotopic (exact) mass is 936 g/mol. The SMILES string of the molecule is Cc1cc(N=C=O)ccc1C(=O)NC(C)CC(F)(F)C(F)(F)C(F)(F)C(F)(F)C(F)(F)C(F)(F)C(F)(F)C(F)(F)C(F)(F)C(F)(F)C(F)(F)C(F)(F)C(F)(F)C(F)(F)F. The number of carbonyl (C=O) groups is 1. The zero-order valence-electron chi connectivity index (χ0n) is 27.2. The Labute approximate surface area is 304 Å². The Hall–Kier alpha value is -3.96. The molecule has 0 aliphatic heterocycles. The molecule has 4 nitrogen and oxygen atoms in total. The van der Waals surface area contributed by atoms with E-state index in [0.29, 0.717) is 6.07 Å². The van der Waals surface area contributed by atoms with Crippen LogP contribution in [0, 0.1) is 6.92 Å². The molecule has 33 heteroatoms. The lowest BCUT2D eigenvalue weighted by atomic mass is 9.83. The van der Waals surface area contributed by atoms with E-state index in [1.165, 1.54) is 5.32 Å². The van der Waals surface area contributed by atoms with Crippen molar-refractivity contribution >= 4 is 17.7 Å². The largest absolute Gasteiger partial charge is 0.460 e. The molecule has 342 valence electrons. The predicted octanol–water partition coefficient (Wildman–Crippen LogP) is 11.3. The smallest absolute Gasteiger partial charge is 0.349 e. The molecular formula is C26H13F29N2O2. The summed E-state index contributed by atoms with van der Waals surface area (Å²) in [4.78, 5) is 25.6. The number of hydrogen-bond donors (Lipinski definition) is 1. The maximum absolute atomic E-state index is 14.4. The number of alkyl halides is 29. The Morgan fingerprint density at radius 3 is 1.08 bits per heavy atom. The Kier molecular flexibility index (Phi) is 13.1. The zero-order chi connectivity index (χ0) is 47.8. The van der Waals surface area contributed by atoms with E-state index in [-0.39, 0.29) is 18.2 Å². The van der Waals surface area contributed by atoms with Crippen molar-refractivity contribution in [3.8, 4) is 0 Å². The Bertz CT molecular complexity index is 1770. The number of isocyanates is 1. The van der Waals surface area contributed by atoms with Crippen LogP contribution in [0.2, 0.25) is 0 Å².